The van der Waals surface area contributed by atoms with Crippen LogP contribution in [0, 0.1) is 6.92 Å². The number of carbonyl (C=O) groups is 1. The first kappa shape index (κ1) is 14.1. The molecular weight excluding hydrogens is 314 g/mol. The number of nitrogens with two attached hydrogens (primary N) is 1. The highest BCUT2D eigenvalue weighted by molar-refractivity contribution is 5.97. The van der Waals surface area contributed by atoms with Crippen LogP contribution in [0.2, 0.25) is 0 Å². The molecule has 122 valence electrons. The Labute approximate surface area is 144 Å². The van der Waals surface area contributed by atoms with Gasteiger partial charge < -0.3 is 15.2 Å². The quantitative estimate of drug-likeness (QED) is 0.497. The number of aryl methyl sites for hydroxylation is 1. The summed E-state index contributed by atoms with van der Waals surface area (Å²) >= 11 is 0. The van der Waals surface area contributed by atoms with Crippen molar-refractivity contribution >= 4 is 11.7 Å². The van der Waals surface area contributed by atoms with Crippen LogP contribution in [0.3, 0.4) is 0 Å². The van der Waals surface area contributed by atoms with Gasteiger partial charge in [-0.2, -0.15) is 0 Å². The predicted molar refractivity (Wildman–Crippen MR) is 93.8 cm³/mol. The lowest BCUT2D eigenvalue weighted by molar-refractivity contribution is 0.0226. The van der Waals surface area contributed by atoms with E-state index in [1.165, 1.54) is 0 Å². The number of hydrogen-bond donors (Lipinski definition) is 1. The van der Waals surface area contributed by atoms with Crippen molar-refractivity contribution in [1.82, 2.24) is 0 Å². The maximum Gasteiger partial charge on any atom is 0.340 e. The van der Waals surface area contributed by atoms with E-state index in [2.05, 4.69) is 0 Å². The highest BCUT2D eigenvalue weighted by Crippen LogP contribution is 2.58. The summed E-state index contributed by atoms with van der Waals surface area (Å²) in [5.74, 6) is 0.982. The van der Waals surface area contributed by atoms with Crippen molar-refractivity contribution in [2.75, 3.05) is 5.73 Å². The molecule has 4 nitrogen and oxygen atoms in total. The molecule has 0 amide bonds. The van der Waals surface area contributed by atoms with Crippen LogP contribution in [0.15, 0.2) is 60.7 Å². The van der Waals surface area contributed by atoms with Crippen LogP contribution in [0.1, 0.15) is 32.6 Å². The van der Waals surface area contributed by atoms with E-state index in [9.17, 15) is 4.79 Å². The fraction of sp³-hybridized carbons (Fsp3) is 0.0952. The molecule has 3 aromatic carbocycles. The fourth-order valence-electron chi connectivity index (χ4n) is 3.89. The van der Waals surface area contributed by atoms with Crippen molar-refractivity contribution in [3.63, 3.8) is 0 Å². The van der Waals surface area contributed by atoms with Crippen molar-refractivity contribution in [2.24, 2.45) is 0 Å². The summed E-state index contributed by atoms with van der Waals surface area (Å²) in [5, 5.41) is 0. The molecule has 0 radical (unpaired) electrons. The highest BCUT2D eigenvalue weighted by atomic mass is 16.6. The number of carbonyl (C=O) groups excluding carboxylic acids is 1. The van der Waals surface area contributed by atoms with Gasteiger partial charge in [0.2, 0.25) is 0 Å². The molecule has 0 saturated heterocycles. The minimum absolute atomic E-state index is 0.348. The maximum absolute atomic E-state index is 12.7. The Morgan fingerprint density at radius 3 is 2.48 bits per heavy atom. The molecular formula is C21H15NO3. The molecule has 2 aliphatic heterocycles. The molecule has 2 N–H and O–H groups in total. The Balaban J connectivity index is 1.97. The third-order valence-electron chi connectivity index (χ3n) is 4.99. The Bertz CT molecular complexity index is 1060. The van der Waals surface area contributed by atoms with Crippen LogP contribution >= 0.6 is 0 Å². The molecule has 0 aromatic heterocycles. The number of anilines is 1. The summed E-state index contributed by atoms with van der Waals surface area (Å²) in [7, 11) is 0. The van der Waals surface area contributed by atoms with E-state index in [-0.39, 0.29) is 5.97 Å². The molecule has 2 aliphatic rings. The number of esters is 1. The Kier molecular flexibility index (Phi) is 2.61. The van der Waals surface area contributed by atoms with E-state index in [0.29, 0.717) is 28.3 Å². The van der Waals surface area contributed by atoms with Crippen LogP contribution in [-0.2, 0) is 10.3 Å². The van der Waals surface area contributed by atoms with Gasteiger partial charge in [0.1, 0.15) is 11.5 Å². The normalized spacial score (nSPS) is 19.6. The van der Waals surface area contributed by atoms with E-state index in [1.807, 2.05) is 61.5 Å². The molecule has 1 atom stereocenters. The topological polar surface area (TPSA) is 61.6 Å². The molecule has 0 fully saturated rings. The Morgan fingerprint density at radius 1 is 0.920 bits per heavy atom. The van der Waals surface area contributed by atoms with Crippen LogP contribution in [0.25, 0.3) is 0 Å². The lowest BCUT2D eigenvalue weighted by atomic mass is 9.76. The molecule has 3 aromatic rings. The van der Waals surface area contributed by atoms with E-state index in [4.69, 9.17) is 15.2 Å². The van der Waals surface area contributed by atoms with Gasteiger partial charge in [0.05, 0.1) is 11.1 Å². The van der Waals surface area contributed by atoms with E-state index in [0.717, 1.165) is 16.7 Å². The van der Waals surface area contributed by atoms with Gasteiger partial charge in [0.15, 0.2) is 5.60 Å². The van der Waals surface area contributed by atoms with Gasteiger partial charge in [-0.15, -0.1) is 0 Å². The van der Waals surface area contributed by atoms with Crippen molar-refractivity contribution in [1.29, 1.82) is 0 Å². The molecule has 5 rings (SSSR count). The lowest BCUT2D eigenvalue weighted by Crippen LogP contribution is -2.34. The second-order valence-electron chi connectivity index (χ2n) is 6.39. The zero-order chi connectivity index (χ0) is 17.2. The van der Waals surface area contributed by atoms with E-state index in [1.54, 1.807) is 6.07 Å². The molecule has 0 bridgehead atoms. The largest absolute Gasteiger partial charge is 0.456 e. The Hall–Kier alpha value is -3.27. The van der Waals surface area contributed by atoms with Crippen LogP contribution in [0.4, 0.5) is 5.69 Å². The fourth-order valence-corrected chi connectivity index (χ4v) is 3.89. The monoisotopic (exact) mass is 329 g/mol. The van der Waals surface area contributed by atoms with Crippen molar-refractivity contribution < 1.29 is 14.3 Å². The minimum atomic E-state index is -1.08. The van der Waals surface area contributed by atoms with E-state index >= 15 is 0 Å². The van der Waals surface area contributed by atoms with Crippen LogP contribution in [0.5, 0.6) is 11.5 Å². The summed E-state index contributed by atoms with van der Waals surface area (Å²) in [6.07, 6.45) is 0. The Morgan fingerprint density at radius 2 is 1.64 bits per heavy atom. The van der Waals surface area contributed by atoms with Gasteiger partial charge in [0, 0.05) is 16.8 Å². The average molecular weight is 329 g/mol. The summed E-state index contributed by atoms with van der Waals surface area (Å²) in [5.41, 5.74) is 9.61. The summed E-state index contributed by atoms with van der Waals surface area (Å²) in [6, 6.07) is 18.8. The average Bonchev–Trinajstić information content (AvgIpc) is 2.92. The minimum Gasteiger partial charge on any atom is -0.456 e. The van der Waals surface area contributed by atoms with Gasteiger partial charge in [-0.25, -0.2) is 4.79 Å². The lowest BCUT2D eigenvalue weighted by Gasteiger charge is -2.37. The summed E-state index contributed by atoms with van der Waals surface area (Å²) < 4.78 is 12.2. The molecule has 0 aliphatic carbocycles. The second-order valence-corrected chi connectivity index (χ2v) is 6.39. The number of fused-ring (bicyclic) bond motifs is 6. The standard InChI is InChI=1S/C21H15NO3/c1-12-10-11-16(22)18-19(12)24-17-9-5-4-8-15(17)21(18)14-7-3-2-6-13(14)20(23)25-21/h2-11H,22H2,1H3. The molecule has 4 heteroatoms. The molecule has 1 spiro atoms. The molecule has 2 heterocycles. The van der Waals surface area contributed by atoms with Crippen molar-refractivity contribution in [2.45, 2.75) is 12.5 Å². The SMILES string of the molecule is Cc1ccc(N)c2c1Oc1ccccc1C21OC(=O)c2ccccc21. The molecule has 1 unspecified atom stereocenters. The number of nitrogen functional groups attached to an aromatic ring is 1. The number of ether oxygens (including phenoxy) is 2. The first-order valence-electron chi connectivity index (χ1n) is 8.12. The summed E-state index contributed by atoms with van der Waals surface area (Å²) in [4.78, 5) is 12.7. The van der Waals surface area contributed by atoms with Gasteiger partial charge in [-0.1, -0.05) is 42.5 Å². The van der Waals surface area contributed by atoms with Crippen molar-refractivity contribution in [3.05, 3.63) is 88.5 Å². The maximum atomic E-state index is 12.7. The van der Waals surface area contributed by atoms with Gasteiger partial charge >= 0.3 is 5.97 Å². The number of hydrogen-bond acceptors (Lipinski definition) is 4. The summed E-state index contributed by atoms with van der Waals surface area (Å²) in [6.45, 7) is 1.96. The first-order valence-corrected chi connectivity index (χ1v) is 8.12. The van der Waals surface area contributed by atoms with Gasteiger partial charge in [-0.3, -0.25) is 0 Å². The predicted octanol–water partition coefficient (Wildman–Crippen LogP) is 4.15. The smallest absolute Gasteiger partial charge is 0.340 e. The zero-order valence-electron chi connectivity index (χ0n) is 13.6. The molecule has 0 saturated carbocycles. The van der Waals surface area contributed by atoms with Crippen LogP contribution < -0.4 is 10.5 Å². The van der Waals surface area contributed by atoms with Crippen molar-refractivity contribution in [3.8, 4) is 11.5 Å². The van der Waals surface area contributed by atoms with Crippen LogP contribution in [-0.4, -0.2) is 5.97 Å². The number of para-hydroxylation sites is 1. The van der Waals surface area contributed by atoms with E-state index < -0.39 is 5.60 Å². The third-order valence-corrected chi connectivity index (χ3v) is 4.99. The third kappa shape index (κ3) is 1.63. The first-order chi connectivity index (χ1) is 12.1. The number of benzene rings is 3. The van der Waals surface area contributed by atoms with Gasteiger partial charge in [-0.05, 0) is 30.7 Å². The second kappa shape index (κ2) is 4.63. The number of rotatable bonds is 0. The van der Waals surface area contributed by atoms with Gasteiger partial charge in [0.25, 0.3) is 0 Å². The zero-order valence-corrected chi connectivity index (χ0v) is 13.6. The molecule has 25 heavy (non-hydrogen) atoms. The highest BCUT2D eigenvalue weighted by Gasteiger charge is 2.54.